The van der Waals surface area contributed by atoms with Gasteiger partial charge in [0.1, 0.15) is 0 Å². The van der Waals surface area contributed by atoms with Gasteiger partial charge in [0, 0.05) is 52.3 Å². The molecule has 0 saturated carbocycles. The van der Waals surface area contributed by atoms with Crippen LogP contribution >= 0.6 is 39.9 Å². The molecule has 1 aliphatic rings. The minimum atomic E-state index is 0. The zero-order chi connectivity index (χ0) is 19.8. The maximum Gasteiger partial charge on any atom is 0.239 e. The van der Waals surface area contributed by atoms with Crippen molar-refractivity contribution in [3.05, 3.63) is 34.3 Å². The molecular weight excluding hydrogens is 533 g/mol. The predicted octanol–water partition coefficient (Wildman–Crippen LogP) is 3.02. The highest BCUT2D eigenvalue weighted by Gasteiger charge is 2.30. The third-order valence-corrected chi connectivity index (χ3v) is 5.71. The number of aliphatic imine (C=N–C) groups is 1. The van der Waals surface area contributed by atoms with Gasteiger partial charge in [-0.2, -0.15) is 0 Å². The predicted molar refractivity (Wildman–Crippen MR) is 130 cm³/mol. The number of likely N-dealkylation sites (N-methyl/N-ethyl adjacent to an activating group) is 1. The zero-order valence-corrected chi connectivity index (χ0v) is 21.2. The van der Waals surface area contributed by atoms with Crippen LogP contribution in [-0.4, -0.2) is 80.4 Å². The monoisotopic (exact) mass is 565 g/mol. The van der Waals surface area contributed by atoms with Crippen molar-refractivity contribution < 1.29 is 4.79 Å². The molecular formula is C20H33BrIN5O. The fraction of sp³-hybridized carbons (Fsp3) is 0.600. The summed E-state index contributed by atoms with van der Waals surface area (Å²) >= 11 is 3.60. The normalized spacial score (nSPS) is 17.2. The molecule has 1 heterocycles. The number of likely N-dealkylation sites (tertiary alicyclic amines) is 1. The Hall–Kier alpha value is -0.870. The highest BCUT2D eigenvalue weighted by molar-refractivity contribution is 14.0. The number of guanidine groups is 1. The fourth-order valence-corrected chi connectivity index (χ4v) is 3.91. The molecule has 1 unspecified atom stereocenters. The van der Waals surface area contributed by atoms with Crippen molar-refractivity contribution in [1.29, 1.82) is 0 Å². The van der Waals surface area contributed by atoms with Crippen LogP contribution in [0.5, 0.6) is 0 Å². The molecule has 1 aromatic rings. The Morgan fingerprint density at radius 3 is 2.68 bits per heavy atom. The lowest BCUT2D eigenvalue weighted by Gasteiger charge is -2.26. The van der Waals surface area contributed by atoms with E-state index in [0.717, 1.165) is 55.9 Å². The topological polar surface area (TPSA) is 51.2 Å². The van der Waals surface area contributed by atoms with E-state index < -0.39 is 0 Å². The van der Waals surface area contributed by atoms with Gasteiger partial charge in [-0.1, -0.05) is 34.1 Å². The van der Waals surface area contributed by atoms with Gasteiger partial charge in [-0.25, -0.2) is 0 Å². The van der Waals surface area contributed by atoms with E-state index in [1.165, 1.54) is 5.56 Å². The van der Waals surface area contributed by atoms with Crippen LogP contribution in [0.2, 0.25) is 0 Å². The summed E-state index contributed by atoms with van der Waals surface area (Å²) in [5.74, 6) is 1.11. The van der Waals surface area contributed by atoms with Gasteiger partial charge in [0.15, 0.2) is 5.96 Å². The van der Waals surface area contributed by atoms with E-state index in [9.17, 15) is 4.79 Å². The van der Waals surface area contributed by atoms with Crippen LogP contribution in [0.4, 0.5) is 0 Å². The molecule has 6 nitrogen and oxygen atoms in total. The maximum atomic E-state index is 12.3. The van der Waals surface area contributed by atoms with Crippen LogP contribution in [0.15, 0.2) is 33.7 Å². The van der Waals surface area contributed by atoms with Gasteiger partial charge >= 0.3 is 0 Å². The first-order valence-electron chi connectivity index (χ1n) is 9.54. The number of carbonyl (C=O) groups excluding carboxylic acids is 1. The Morgan fingerprint density at radius 2 is 2.04 bits per heavy atom. The van der Waals surface area contributed by atoms with Crippen LogP contribution in [0, 0.1) is 0 Å². The molecule has 0 spiro atoms. The first-order valence-corrected chi connectivity index (χ1v) is 10.3. The van der Waals surface area contributed by atoms with E-state index in [2.05, 4.69) is 48.2 Å². The number of amides is 1. The average Bonchev–Trinajstić information content (AvgIpc) is 3.11. The van der Waals surface area contributed by atoms with E-state index in [1.54, 1.807) is 4.90 Å². The van der Waals surface area contributed by atoms with E-state index in [4.69, 9.17) is 0 Å². The van der Waals surface area contributed by atoms with Gasteiger partial charge in [-0.15, -0.1) is 24.0 Å². The van der Waals surface area contributed by atoms with E-state index >= 15 is 0 Å². The number of nitrogens with one attached hydrogen (secondary N) is 1. The summed E-state index contributed by atoms with van der Waals surface area (Å²) in [7, 11) is 7.53. The lowest BCUT2D eigenvalue weighted by molar-refractivity contribution is -0.133. The van der Waals surface area contributed by atoms with E-state index in [1.807, 2.05) is 40.3 Å². The van der Waals surface area contributed by atoms with Crippen molar-refractivity contribution in [1.82, 2.24) is 20.0 Å². The van der Waals surface area contributed by atoms with Gasteiger partial charge in [0.25, 0.3) is 0 Å². The molecule has 158 valence electrons. The van der Waals surface area contributed by atoms with Gasteiger partial charge < -0.3 is 15.1 Å². The smallest absolute Gasteiger partial charge is 0.239 e. The van der Waals surface area contributed by atoms with E-state index in [0.29, 0.717) is 0 Å². The lowest BCUT2D eigenvalue weighted by Crippen LogP contribution is -2.44. The Kier molecular flexibility index (Phi) is 11.4. The van der Waals surface area contributed by atoms with Gasteiger partial charge in [0.2, 0.25) is 5.91 Å². The first-order chi connectivity index (χ1) is 12.9. The van der Waals surface area contributed by atoms with Crippen molar-refractivity contribution in [2.75, 3.05) is 47.8 Å². The van der Waals surface area contributed by atoms with Crippen LogP contribution in [0.25, 0.3) is 0 Å². The molecule has 1 aromatic carbocycles. The minimum Gasteiger partial charge on any atom is -0.356 e. The van der Waals surface area contributed by atoms with Gasteiger partial charge in [-0.3, -0.25) is 14.7 Å². The summed E-state index contributed by atoms with van der Waals surface area (Å²) in [5.41, 5.74) is 1.23. The molecule has 1 amide bonds. The molecule has 1 saturated heterocycles. The van der Waals surface area contributed by atoms with E-state index in [-0.39, 0.29) is 35.9 Å². The molecule has 0 aromatic heterocycles. The molecule has 1 N–H and O–H groups in total. The molecule has 0 aliphatic carbocycles. The second kappa shape index (κ2) is 12.6. The first kappa shape index (κ1) is 25.2. The minimum absolute atomic E-state index is 0. The van der Waals surface area contributed by atoms with Crippen LogP contribution in [0.1, 0.15) is 24.8 Å². The summed E-state index contributed by atoms with van der Waals surface area (Å²) in [6, 6.07) is 8.29. The Morgan fingerprint density at radius 1 is 1.32 bits per heavy atom. The fourth-order valence-electron chi connectivity index (χ4n) is 3.50. The number of benzene rings is 1. The zero-order valence-electron chi connectivity index (χ0n) is 17.3. The highest BCUT2D eigenvalue weighted by atomic mass is 127. The number of halogens is 2. The number of hydrogen-bond donors (Lipinski definition) is 1. The Bertz CT molecular complexity index is 655. The number of nitrogens with zero attached hydrogens (tertiary/aromatic N) is 4. The maximum absolute atomic E-state index is 12.3. The van der Waals surface area contributed by atoms with Gasteiger partial charge in [-0.05, 0) is 37.4 Å². The quantitative estimate of drug-likeness (QED) is 0.239. The summed E-state index contributed by atoms with van der Waals surface area (Å²) in [6.45, 7) is 3.57. The summed E-state index contributed by atoms with van der Waals surface area (Å²) < 4.78 is 1.11. The SMILES string of the molecule is CN=C(NCCCN1CCCC1C(=O)N(C)C)N(C)Cc1ccccc1Br.I. The van der Waals surface area contributed by atoms with Crippen LogP contribution in [-0.2, 0) is 11.3 Å². The van der Waals surface area contributed by atoms with Crippen molar-refractivity contribution in [3.63, 3.8) is 0 Å². The summed E-state index contributed by atoms with van der Waals surface area (Å²) in [4.78, 5) is 22.8. The van der Waals surface area contributed by atoms with Gasteiger partial charge in [0.05, 0.1) is 6.04 Å². The Labute approximate surface area is 194 Å². The lowest BCUT2D eigenvalue weighted by atomic mass is 10.2. The third-order valence-electron chi connectivity index (χ3n) is 4.93. The molecule has 1 aliphatic heterocycles. The van der Waals surface area contributed by atoms with Crippen molar-refractivity contribution in [2.24, 2.45) is 4.99 Å². The largest absolute Gasteiger partial charge is 0.356 e. The highest BCUT2D eigenvalue weighted by Crippen LogP contribution is 2.19. The van der Waals surface area contributed by atoms with Crippen molar-refractivity contribution in [2.45, 2.75) is 31.8 Å². The standard InChI is InChI=1S/C20H32BrN5O.HI/c1-22-20(25(4)15-16-9-5-6-10-17(16)21)23-12-8-14-26-13-7-11-18(26)19(27)24(2)3;/h5-6,9-10,18H,7-8,11-15H2,1-4H3,(H,22,23);1H. The summed E-state index contributed by atoms with van der Waals surface area (Å²) in [5, 5.41) is 3.44. The van der Waals surface area contributed by atoms with Crippen LogP contribution in [0.3, 0.4) is 0 Å². The summed E-state index contributed by atoms with van der Waals surface area (Å²) in [6.07, 6.45) is 3.06. The van der Waals surface area contributed by atoms with Crippen LogP contribution < -0.4 is 5.32 Å². The van der Waals surface area contributed by atoms with Crippen molar-refractivity contribution >= 4 is 51.8 Å². The second-order valence-electron chi connectivity index (χ2n) is 7.20. The molecule has 1 fully saturated rings. The molecule has 2 rings (SSSR count). The average molecular weight is 566 g/mol. The molecule has 8 heteroatoms. The second-order valence-corrected chi connectivity index (χ2v) is 8.06. The molecule has 0 radical (unpaired) electrons. The molecule has 0 bridgehead atoms. The Balaban J connectivity index is 0.00000392. The number of rotatable bonds is 7. The third kappa shape index (κ3) is 7.18. The number of carbonyl (C=O) groups is 1. The number of hydrogen-bond acceptors (Lipinski definition) is 3. The van der Waals surface area contributed by atoms with Crippen molar-refractivity contribution in [3.8, 4) is 0 Å². The molecule has 1 atom stereocenters. The molecule has 28 heavy (non-hydrogen) atoms.